The first-order chi connectivity index (χ1) is 35.6. The highest BCUT2D eigenvalue weighted by molar-refractivity contribution is 6.27. The van der Waals surface area contributed by atoms with Crippen molar-refractivity contribution in [3.05, 3.63) is 191 Å². The van der Waals surface area contributed by atoms with Gasteiger partial charge < -0.3 is 20.1 Å². The molecule has 1 aliphatic rings. The van der Waals surface area contributed by atoms with Crippen LogP contribution < -0.4 is 4.74 Å². The van der Waals surface area contributed by atoms with Crippen LogP contribution in [0.5, 0.6) is 11.5 Å². The summed E-state index contributed by atoms with van der Waals surface area (Å²) in [5, 5.41) is 45.7. The molecule has 0 saturated carbocycles. The summed E-state index contributed by atoms with van der Waals surface area (Å²) in [4.78, 5) is 0. The average Bonchev–Trinajstić information content (AvgIpc) is 3.68. The van der Waals surface area contributed by atoms with Crippen molar-refractivity contribution in [1.82, 2.24) is 0 Å². The maximum Gasteiger partial charge on any atom is 0.126 e. The Hall–Kier alpha value is -7.24. The van der Waals surface area contributed by atoms with Crippen LogP contribution in [0.2, 0.25) is 0 Å². The number of fused-ring (bicyclic) bond motifs is 3. The Balaban J connectivity index is 0.975. The van der Waals surface area contributed by atoms with Gasteiger partial charge in [0.05, 0.1) is 19.8 Å². The molecule has 74 heavy (non-hydrogen) atoms. The summed E-state index contributed by atoms with van der Waals surface area (Å²) in [5.41, 5.74) is 14.4. The standard InChI is InChI=1S/C70H66O4/c1-9-41(2)70(29-11-10-12-30-74-54-35-50(39-71)67(73)51(36-54)40-72)61-37-44(55-23-17-42-13-15-46-31-52(68(3,4)5)33-48-21-27-59(55)65(42)63(46)48)19-25-57(61)58-26-20-45(38-62(58)70)56-24-18-43-14-16-47-32-53(69(6,7)8)34-49-22-28-60(56)66(43)64(47)49/h13-28,31-38,71-73H,2,9-12,29-30,39-40H2,1,3-8H3. The number of aliphatic hydroxyl groups excluding tert-OH is 2. The fourth-order valence-corrected chi connectivity index (χ4v) is 12.8. The molecule has 0 saturated heterocycles. The molecule has 0 bridgehead atoms. The lowest BCUT2D eigenvalue weighted by molar-refractivity contribution is 0.258. The molecule has 0 spiro atoms. The van der Waals surface area contributed by atoms with E-state index in [9.17, 15) is 15.3 Å². The van der Waals surface area contributed by atoms with Crippen molar-refractivity contribution in [3.8, 4) is 44.9 Å². The van der Waals surface area contributed by atoms with Crippen LogP contribution in [-0.4, -0.2) is 21.9 Å². The molecule has 370 valence electrons. The van der Waals surface area contributed by atoms with E-state index in [0.717, 1.165) is 32.1 Å². The molecule has 1 aliphatic carbocycles. The predicted octanol–water partition coefficient (Wildman–Crippen LogP) is 18.0. The van der Waals surface area contributed by atoms with Gasteiger partial charge in [-0.3, -0.25) is 0 Å². The minimum atomic E-state index is -0.449. The molecule has 0 aromatic heterocycles. The number of hydrogen-bond acceptors (Lipinski definition) is 4. The molecule has 0 heterocycles. The Kier molecular flexibility index (Phi) is 11.4. The molecular weight excluding hydrogens is 905 g/mol. The van der Waals surface area contributed by atoms with E-state index in [-0.39, 0.29) is 29.8 Å². The number of aliphatic hydroxyl groups is 2. The first-order valence-electron chi connectivity index (χ1n) is 26.7. The summed E-state index contributed by atoms with van der Waals surface area (Å²) in [6.07, 6.45) is 4.41. The van der Waals surface area contributed by atoms with Crippen LogP contribution in [0.25, 0.3) is 98.0 Å². The highest BCUT2D eigenvalue weighted by Crippen LogP contribution is 2.58. The lowest BCUT2D eigenvalue weighted by Gasteiger charge is -2.35. The monoisotopic (exact) mass is 970 g/mol. The summed E-state index contributed by atoms with van der Waals surface area (Å²) in [5.74, 6) is 0.447. The molecule has 0 atom stereocenters. The summed E-state index contributed by atoms with van der Waals surface area (Å²) in [7, 11) is 0. The van der Waals surface area contributed by atoms with Crippen molar-refractivity contribution in [1.29, 1.82) is 0 Å². The third-order valence-electron chi connectivity index (χ3n) is 16.9. The average molecular weight is 971 g/mol. The minimum Gasteiger partial charge on any atom is -0.507 e. The molecule has 11 aromatic carbocycles. The van der Waals surface area contributed by atoms with Crippen LogP contribution in [0, 0.1) is 0 Å². The molecule has 4 nitrogen and oxygen atoms in total. The number of hydrogen-bond donors (Lipinski definition) is 3. The Morgan fingerprint density at radius 1 is 0.486 bits per heavy atom. The lowest BCUT2D eigenvalue weighted by atomic mass is 9.67. The number of aromatic hydroxyl groups is 1. The van der Waals surface area contributed by atoms with Crippen molar-refractivity contribution >= 4 is 64.6 Å². The van der Waals surface area contributed by atoms with Gasteiger partial charge in [-0.25, -0.2) is 0 Å². The smallest absolute Gasteiger partial charge is 0.126 e. The second-order valence-electron chi connectivity index (χ2n) is 23.3. The molecule has 11 aromatic rings. The van der Waals surface area contributed by atoms with Crippen molar-refractivity contribution in [3.63, 3.8) is 0 Å². The zero-order chi connectivity index (χ0) is 51.4. The quantitative estimate of drug-likeness (QED) is 0.0612. The van der Waals surface area contributed by atoms with E-state index in [1.165, 1.54) is 126 Å². The van der Waals surface area contributed by atoms with Crippen LogP contribution in [0.3, 0.4) is 0 Å². The van der Waals surface area contributed by atoms with Gasteiger partial charge in [0.25, 0.3) is 0 Å². The topological polar surface area (TPSA) is 69.9 Å². The van der Waals surface area contributed by atoms with Crippen LogP contribution in [0.15, 0.2) is 158 Å². The van der Waals surface area contributed by atoms with Gasteiger partial charge in [-0.1, -0.05) is 195 Å². The van der Waals surface area contributed by atoms with Gasteiger partial charge in [0.15, 0.2) is 0 Å². The Morgan fingerprint density at radius 3 is 1.34 bits per heavy atom. The van der Waals surface area contributed by atoms with E-state index in [1.807, 2.05) is 0 Å². The van der Waals surface area contributed by atoms with Crippen LogP contribution >= 0.6 is 0 Å². The second kappa shape index (κ2) is 17.7. The molecule has 0 amide bonds. The zero-order valence-electron chi connectivity index (χ0n) is 44.0. The predicted molar refractivity (Wildman–Crippen MR) is 312 cm³/mol. The highest BCUT2D eigenvalue weighted by Gasteiger charge is 2.45. The third kappa shape index (κ3) is 7.55. The summed E-state index contributed by atoms with van der Waals surface area (Å²) >= 11 is 0. The molecular formula is C70H66O4. The maximum absolute atomic E-state index is 10.4. The number of allylic oxidation sites excluding steroid dienone is 1. The van der Waals surface area contributed by atoms with Gasteiger partial charge >= 0.3 is 0 Å². The van der Waals surface area contributed by atoms with Crippen molar-refractivity contribution < 1.29 is 20.1 Å². The molecule has 0 aliphatic heterocycles. The van der Waals surface area contributed by atoms with Crippen molar-refractivity contribution in [2.24, 2.45) is 0 Å². The van der Waals surface area contributed by atoms with E-state index in [4.69, 9.17) is 11.3 Å². The first-order valence-corrected chi connectivity index (χ1v) is 26.7. The van der Waals surface area contributed by atoms with E-state index in [2.05, 4.69) is 182 Å². The van der Waals surface area contributed by atoms with E-state index >= 15 is 0 Å². The van der Waals surface area contributed by atoms with Gasteiger partial charge in [0, 0.05) is 16.5 Å². The highest BCUT2D eigenvalue weighted by atomic mass is 16.5. The largest absolute Gasteiger partial charge is 0.507 e. The van der Waals surface area contributed by atoms with Gasteiger partial charge in [0.1, 0.15) is 11.5 Å². The zero-order valence-corrected chi connectivity index (χ0v) is 44.0. The number of unbranched alkanes of at least 4 members (excludes halogenated alkanes) is 2. The Labute approximate surface area is 435 Å². The Bertz CT molecular complexity index is 3750. The van der Waals surface area contributed by atoms with Gasteiger partial charge in [0.2, 0.25) is 0 Å². The normalized spacial score (nSPS) is 13.6. The van der Waals surface area contributed by atoms with Crippen LogP contribution in [-0.2, 0) is 29.5 Å². The van der Waals surface area contributed by atoms with Gasteiger partial charge in [-0.2, -0.15) is 0 Å². The number of phenols is 1. The van der Waals surface area contributed by atoms with Crippen molar-refractivity contribution in [2.45, 2.75) is 110 Å². The van der Waals surface area contributed by atoms with Gasteiger partial charge in [-0.05, 0) is 175 Å². The van der Waals surface area contributed by atoms with Crippen LogP contribution in [0.1, 0.15) is 114 Å². The minimum absolute atomic E-state index is 0.0457. The SMILES string of the molecule is C=C(CC)C1(CCCCCOc2cc(CO)c(O)c(CO)c2)c2cc(-c3ccc4ccc5cc(C(C)(C)C)cc6ccc3c4c56)ccc2-c2ccc(-c3ccc4ccc5cc(C(C)(C)C)cc6ccc3c4c56)cc21. The molecule has 4 heteroatoms. The Morgan fingerprint density at radius 2 is 0.905 bits per heavy atom. The molecule has 3 N–H and O–H groups in total. The molecule has 0 fully saturated rings. The number of benzene rings is 11. The van der Waals surface area contributed by atoms with Gasteiger partial charge in [-0.15, -0.1) is 0 Å². The fraction of sp³-hybridized carbons (Fsp3) is 0.257. The molecule has 0 radical (unpaired) electrons. The second-order valence-corrected chi connectivity index (χ2v) is 23.3. The van der Waals surface area contributed by atoms with Crippen molar-refractivity contribution in [2.75, 3.05) is 6.61 Å². The summed E-state index contributed by atoms with van der Waals surface area (Å²) in [6, 6.07) is 55.2. The molecule has 0 unspecified atom stereocenters. The summed E-state index contributed by atoms with van der Waals surface area (Å²) in [6.45, 7) is 20.8. The fourth-order valence-electron chi connectivity index (χ4n) is 12.8. The van der Waals surface area contributed by atoms with Crippen LogP contribution in [0.4, 0.5) is 0 Å². The lowest BCUT2D eigenvalue weighted by Crippen LogP contribution is -2.27. The van der Waals surface area contributed by atoms with E-state index in [1.54, 1.807) is 12.1 Å². The number of ether oxygens (including phenoxy) is 1. The van der Waals surface area contributed by atoms with E-state index < -0.39 is 5.41 Å². The third-order valence-corrected chi connectivity index (χ3v) is 16.9. The summed E-state index contributed by atoms with van der Waals surface area (Å²) < 4.78 is 6.20. The maximum atomic E-state index is 10.4. The first kappa shape index (κ1) is 47.7. The number of rotatable bonds is 13. The van der Waals surface area contributed by atoms with E-state index in [0.29, 0.717) is 23.5 Å². The molecule has 12 rings (SSSR count).